The molecule has 0 bridgehead atoms. The largest absolute Gasteiger partial charge is 0.352 e. The molecule has 18 heavy (non-hydrogen) atoms. The smallest absolute Gasteiger partial charge is 0.252 e. The Balaban J connectivity index is 1.79. The summed E-state index contributed by atoms with van der Waals surface area (Å²) < 4.78 is 0. The fraction of sp³-hybridized carbons (Fsp3) is 0.538. The van der Waals surface area contributed by atoms with E-state index in [4.69, 9.17) is 11.6 Å². The highest BCUT2D eigenvalue weighted by Crippen LogP contribution is 2.15. The zero-order valence-corrected chi connectivity index (χ0v) is 11.3. The highest BCUT2D eigenvalue weighted by atomic mass is 35.5. The number of nitrogens with one attached hydrogen (secondary N) is 1. The van der Waals surface area contributed by atoms with Gasteiger partial charge in [-0.25, -0.2) is 4.98 Å². The molecule has 1 aliphatic rings. The van der Waals surface area contributed by atoms with Crippen molar-refractivity contribution in [3.63, 3.8) is 0 Å². The fourth-order valence-electron chi connectivity index (χ4n) is 2.12. The number of hydrogen-bond acceptors (Lipinski definition) is 3. The molecule has 1 saturated heterocycles. The molecule has 0 unspecified atom stereocenters. The predicted molar refractivity (Wildman–Crippen MR) is 71.8 cm³/mol. The average Bonchev–Trinajstić information content (AvgIpc) is 2.38. The second-order valence-electron chi connectivity index (χ2n) is 4.83. The first kappa shape index (κ1) is 13.3. The van der Waals surface area contributed by atoms with Crippen LogP contribution in [-0.4, -0.2) is 42.5 Å². The van der Waals surface area contributed by atoms with Crippen molar-refractivity contribution in [3.8, 4) is 0 Å². The van der Waals surface area contributed by atoms with Crippen LogP contribution in [0, 0.1) is 5.92 Å². The molecule has 1 aromatic heterocycles. The van der Waals surface area contributed by atoms with E-state index in [0.717, 1.165) is 32.5 Å². The van der Waals surface area contributed by atoms with Gasteiger partial charge in [-0.1, -0.05) is 11.6 Å². The molecule has 1 fully saturated rings. The van der Waals surface area contributed by atoms with Gasteiger partial charge >= 0.3 is 0 Å². The molecule has 0 saturated carbocycles. The van der Waals surface area contributed by atoms with Crippen molar-refractivity contribution in [2.24, 2.45) is 5.92 Å². The third-order valence-corrected chi connectivity index (χ3v) is 3.60. The van der Waals surface area contributed by atoms with E-state index < -0.39 is 0 Å². The maximum absolute atomic E-state index is 11.9. The van der Waals surface area contributed by atoms with Gasteiger partial charge in [-0.3, -0.25) is 4.79 Å². The van der Waals surface area contributed by atoms with Gasteiger partial charge in [-0.2, -0.15) is 0 Å². The second kappa shape index (κ2) is 6.16. The summed E-state index contributed by atoms with van der Waals surface area (Å²) in [6, 6.07) is 3.32. The van der Waals surface area contributed by atoms with Crippen molar-refractivity contribution >= 4 is 17.5 Å². The normalized spacial score (nSPS) is 17.7. The van der Waals surface area contributed by atoms with Crippen molar-refractivity contribution < 1.29 is 4.79 Å². The topological polar surface area (TPSA) is 45.2 Å². The highest BCUT2D eigenvalue weighted by Gasteiger charge is 2.17. The maximum atomic E-state index is 11.9. The van der Waals surface area contributed by atoms with Crippen LogP contribution >= 0.6 is 11.6 Å². The third-order valence-electron chi connectivity index (χ3n) is 3.38. The number of piperidine rings is 1. The summed E-state index contributed by atoms with van der Waals surface area (Å²) in [4.78, 5) is 18.1. The van der Waals surface area contributed by atoms with Crippen LogP contribution in [0.25, 0.3) is 0 Å². The Morgan fingerprint density at radius 2 is 2.22 bits per heavy atom. The van der Waals surface area contributed by atoms with Gasteiger partial charge in [-0.15, -0.1) is 0 Å². The van der Waals surface area contributed by atoms with E-state index in [1.54, 1.807) is 12.1 Å². The van der Waals surface area contributed by atoms with Gasteiger partial charge < -0.3 is 10.2 Å². The monoisotopic (exact) mass is 267 g/mol. The van der Waals surface area contributed by atoms with E-state index >= 15 is 0 Å². The standard InChI is InChI=1S/C13H18ClN3O/c1-17-6-4-10(5-7-17)8-16-13(18)11-2-3-12(14)15-9-11/h2-3,9-10H,4-8H2,1H3,(H,16,18). The Morgan fingerprint density at radius 3 is 2.83 bits per heavy atom. The maximum Gasteiger partial charge on any atom is 0.252 e. The van der Waals surface area contributed by atoms with Gasteiger partial charge in [-0.05, 0) is 51.0 Å². The Morgan fingerprint density at radius 1 is 1.50 bits per heavy atom. The molecule has 1 N–H and O–H groups in total. The van der Waals surface area contributed by atoms with Gasteiger partial charge in [0.1, 0.15) is 5.15 Å². The number of likely N-dealkylation sites (tertiary alicyclic amines) is 1. The first-order valence-electron chi connectivity index (χ1n) is 6.23. The number of rotatable bonds is 3. The molecule has 98 valence electrons. The molecule has 4 nitrogen and oxygen atoms in total. The van der Waals surface area contributed by atoms with Crippen LogP contribution in [0.5, 0.6) is 0 Å². The summed E-state index contributed by atoms with van der Waals surface area (Å²) in [6.45, 7) is 2.97. The molecule has 0 atom stereocenters. The second-order valence-corrected chi connectivity index (χ2v) is 5.21. The molecular formula is C13H18ClN3O. The lowest BCUT2D eigenvalue weighted by Gasteiger charge is -2.28. The molecular weight excluding hydrogens is 250 g/mol. The van der Waals surface area contributed by atoms with Crippen LogP contribution in [-0.2, 0) is 0 Å². The molecule has 2 rings (SSSR count). The molecule has 2 heterocycles. The molecule has 0 radical (unpaired) electrons. The van der Waals surface area contributed by atoms with E-state index in [0.29, 0.717) is 16.6 Å². The molecule has 1 amide bonds. The highest BCUT2D eigenvalue weighted by molar-refractivity contribution is 6.29. The van der Waals surface area contributed by atoms with E-state index in [1.807, 2.05) is 0 Å². The van der Waals surface area contributed by atoms with Gasteiger partial charge in [0, 0.05) is 12.7 Å². The summed E-state index contributed by atoms with van der Waals surface area (Å²) >= 11 is 5.68. The van der Waals surface area contributed by atoms with Gasteiger partial charge in [0.2, 0.25) is 0 Å². The van der Waals surface area contributed by atoms with E-state index in [1.165, 1.54) is 6.20 Å². The molecule has 0 spiro atoms. The first-order chi connectivity index (χ1) is 8.65. The summed E-state index contributed by atoms with van der Waals surface area (Å²) in [7, 11) is 2.13. The third kappa shape index (κ3) is 3.68. The lowest BCUT2D eigenvalue weighted by atomic mass is 9.97. The van der Waals surface area contributed by atoms with Crippen molar-refractivity contribution in [2.75, 3.05) is 26.7 Å². The van der Waals surface area contributed by atoms with Gasteiger partial charge in [0.25, 0.3) is 5.91 Å². The number of aromatic nitrogens is 1. The quantitative estimate of drug-likeness (QED) is 0.850. The number of carbonyl (C=O) groups is 1. The first-order valence-corrected chi connectivity index (χ1v) is 6.61. The number of pyridine rings is 1. The number of carbonyl (C=O) groups excluding carboxylic acids is 1. The van der Waals surface area contributed by atoms with Crippen molar-refractivity contribution in [1.29, 1.82) is 0 Å². The minimum absolute atomic E-state index is 0.0712. The minimum atomic E-state index is -0.0712. The lowest BCUT2D eigenvalue weighted by Crippen LogP contribution is -2.36. The van der Waals surface area contributed by atoms with Crippen LogP contribution in [0.4, 0.5) is 0 Å². The zero-order valence-electron chi connectivity index (χ0n) is 10.5. The van der Waals surface area contributed by atoms with Crippen molar-refractivity contribution in [2.45, 2.75) is 12.8 Å². The average molecular weight is 268 g/mol. The van der Waals surface area contributed by atoms with E-state index in [-0.39, 0.29) is 5.91 Å². The van der Waals surface area contributed by atoms with Crippen LogP contribution in [0.15, 0.2) is 18.3 Å². The molecule has 0 aliphatic carbocycles. The van der Waals surface area contributed by atoms with E-state index in [2.05, 4.69) is 22.2 Å². The van der Waals surface area contributed by atoms with Crippen molar-refractivity contribution in [1.82, 2.24) is 15.2 Å². The summed E-state index contributed by atoms with van der Waals surface area (Å²) in [5, 5.41) is 3.37. The number of nitrogens with zero attached hydrogens (tertiary/aromatic N) is 2. The SMILES string of the molecule is CN1CCC(CNC(=O)c2ccc(Cl)nc2)CC1. The zero-order chi connectivity index (χ0) is 13.0. The fourth-order valence-corrected chi connectivity index (χ4v) is 2.23. The molecule has 1 aromatic rings. The van der Waals surface area contributed by atoms with Crippen LogP contribution in [0.1, 0.15) is 23.2 Å². The van der Waals surface area contributed by atoms with Crippen LogP contribution in [0.2, 0.25) is 5.15 Å². The predicted octanol–water partition coefficient (Wildman–Crippen LogP) is 1.81. The number of hydrogen-bond donors (Lipinski definition) is 1. The Hall–Kier alpha value is -1.13. The van der Waals surface area contributed by atoms with Gasteiger partial charge in [0.15, 0.2) is 0 Å². The molecule has 5 heteroatoms. The summed E-state index contributed by atoms with van der Waals surface area (Å²) in [6.07, 6.45) is 3.80. The Bertz CT molecular complexity index is 399. The Kier molecular flexibility index (Phi) is 4.55. The number of amides is 1. The minimum Gasteiger partial charge on any atom is -0.352 e. The van der Waals surface area contributed by atoms with Crippen LogP contribution < -0.4 is 5.32 Å². The van der Waals surface area contributed by atoms with Gasteiger partial charge in [0.05, 0.1) is 5.56 Å². The molecule has 0 aromatic carbocycles. The Labute approximate surface area is 112 Å². The summed E-state index contributed by atoms with van der Waals surface area (Å²) in [5.74, 6) is 0.517. The van der Waals surface area contributed by atoms with E-state index in [9.17, 15) is 4.79 Å². The van der Waals surface area contributed by atoms with Crippen molar-refractivity contribution in [3.05, 3.63) is 29.0 Å². The number of halogens is 1. The molecule has 1 aliphatic heterocycles. The van der Waals surface area contributed by atoms with Crippen LogP contribution in [0.3, 0.4) is 0 Å². The summed E-state index contributed by atoms with van der Waals surface area (Å²) in [5.41, 5.74) is 0.562. The lowest BCUT2D eigenvalue weighted by molar-refractivity contribution is 0.0938.